The number of rotatable bonds is 5. The number of ketones is 1. The zero-order valence-corrected chi connectivity index (χ0v) is 17.1. The highest BCUT2D eigenvalue weighted by atomic mass is 19.4. The first kappa shape index (κ1) is 22.8. The third kappa shape index (κ3) is 4.43. The maximum absolute atomic E-state index is 13.6. The fourth-order valence-electron chi connectivity index (χ4n) is 3.67. The fraction of sp³-hybridized carbons (Fsp3) is 0.381. The van der Waals surface area contributed by atoms with E-state index in [1.54, 1.807) is 13.8 Å². The van der Waals surface area contributed by atoms with Gasteiger partial charge in [0, 0.05) is 12.1 Å². The zero-order valence-electron chi connectivity index (χ0n) is 17.1. The number of anilines is 1. The smallest absolute Gasteiger partial charge is 0.394 e. The second-order valence-electron chi connectivity index (χ2n) is 8.68. The number of primary amides is 1. The van der Waals surface area contributed by atoms with Gasteiger partial charge < -0.3 is 16.2 Å². The highest BCUT2D eigenvalue weighted by Crippen LogP contribution is 2.42. The van der Waals surface area contributed by atoms with Crippen LogP contribution in [0.2, 0.25) is 0 Å². The van der Waals surface area contributed by atoms with Crippen LogP contribution in [0.4, 0.5) is 18.9 Å². The molecule has 1 aliphatic carbocycles. The molecule has 31 heavy (non-hydrogen) atoms. The Morgan fingerprint density at radius 2 is 1.97 bits per heavy atom. The van der Waals surface area contributed by atoms with Crippen molar-refractivity contribution < 1.29 is 27.9 Å². The van der Waals surface area contributed by atoms with Crippen LogP contribution in [0.1, 0.15) is 52.4 Å². The molecule has 0 bridgehead atoms. The molecule has 1 aliphatic rings. The summed E-state index contributed by atoms with van der Waals surface area (Å²) < 4.78 is 42.0. The average molecular weight is 436 g/mol. The molecular formula is C21H23F3N4O3. The van der Waals surface area contributed by atoms with Crippen LogP contribution in [-0.4, -0.2) is 38.7 Å². The molecule has 1 aromatic carbocycles. The number of amides is 1. The lowest BCUT2D eigenvalue weighted by Crippen LogP contribution is -2.36. The molecule has 10 heteroatoms. The maximum Gasteiger partial charge on any atom is 0.435 e. The Kier molecular flexibility index (Phi) is 5.42. The molecule has 166 valence electrons. The topological polar surface area (TPSA) is 110 Å². The molecule has 0 saturated carbocycles. The van der Waals surface area contributed by atoms with Gasteiger partial charge in [-0.05, 0) is 43.9 Å². The molecule has 0 atom stereocenters. The van der Waals surface area contributed by atoms with E-state index in [1.807, 2.05) is 0 Å². The van der Waals surface area contributed by atoms with Gasteiger partial charge in [-0.1, -0.05) is 13.8 Å². The van der Waals surface area contributed by atoms with Crippen molar-refractivity contribution >= 4 is 17.4 Å². The van der Waals surface area contributed by atoms with E-state index in [4.69, 9.17) is 5.73 Å². The number of alkyl halides is 3. The Labute approximate surface area is 177 Å². The number of nitrogens with zero attached hydrogens (tertiary/aromatic N) is 2. The van der Waals surface area contributed by atoms with Gasteiger partial charge in [-0.2, -0.15) is 18.3 Å². The van der Waals surface area contributed by atoms with E-state index in [9.17, 15) is 27.9 Å². The number of Topliss-reactive ketones (excluding diaryl/α,β-unsaturated/α-hetero) is 1. The first-order valence-electron chi connectivity index (χ1n) is 9.41. The van der Waals surface area contributed by atoms with E-state index >= 15 is 0 Å². The van der Waals surface area contributed by atoms with Crippen LogP contribution in [-0.2, 0) is 12.6 Å². The van der Waals surface area contributed by atoms with Crippen LogP contribution in [0.3, 0.4) is 0 Å². The predicted molar refractivity (Wildman–Crippen MR) is 108 cm³/mol. The minimum atomic E-state index is -4.81. The normalized spacial score (nSPS) is 16.2. The minimum absolute atomic E-state index is 0.0236. The third-order valence-electron chi connectivity index (χ3n) is 5.03. The molecule has 1 heterocycles. The van der Waals surface area contributed by atoms with Gasteiger partial charge in [-0.25, -0.2) is 4.68 Å². The van der Waals surface area contributed by atoms with Gasteiger partial charge in [0.25, 0.3) is 5.91 Å². The number of hydrogen-bond donors (Lipinski definition) is 3. The second-order valence-corrected chi connectivity index (χ2v) is 8.68. The quantitative estimate of drug-likeness (QED) is 0.668. The van der Waals surface area contributed by atoms with E-state index in [1.165, 1.54) is 18.2 Å². The summed E-state index contributed by atoms with van der Waals surface area (Å²) in [6, 6.07) is 4.07. The van der Waals surface area contributed by atoms with E-state index in [-0.39, 0.29) is 35.5 Å². The number of aliphatic hydroxyl groups is 1. The highest BCUT2D eigenvalue weighted by Gasteiger charge is 2.45. The summed E-state index contributed by atoms with van der Waals surface area (Å²) in [7, 11) is 0. The number of carbonyl (C=O) groups is 2. The minimum Gasteiger partial charge on any atom is -0.394 e. The molecule has 2 radical (unpaired) electrons. The average Bonchev–Trinajstić information content (AvgIpc) is 2.99. The summed E-state index contributed by atoms with van der Waals surface area (Å²) >= 11 is 0. The lowest BCUT2D eigenvalue weighted by atomic mass is 9.75. The van der Waals surface area contributed by atoms with Gasteiger partial charge in [0.2, 0.25) is 0 Å². The summed E-state index contributed by atoms with van der Waals surface area (Å²) in [5.41, 5.74) is 2.30. The molecule has 0 aliphatic heterocycles. The number of nitrogens with two attached hydrogens (primary N) is 1. The highest BCUT2D eigenvalue weighted by molar-refractivity contribution is 6.00. The van der Waals surface area contributed by atoms with Gasteiger partial charge in [0.05, 0.1) is 34.7 Å². The van der Waals surface area contributed by atoms with Crippen LogP contribution in [0.5, 0.6) is 0 Å². The molecule has 7 nitrogen and oxygen atoms in total. The molecule has 0 fully saturated rings. The van der Waals surface area contributed by atoms with Crippen LogP contribution in [0, 0.1) is 19.3 Å². The summed E-state index contributed by atoms with van der Waals surface area (Å²) in [5.74, 6) is -1.41. The summed E-state index contributed by atoms with van der Waals surface area (Å²) in [4.78, 5) is 24.4. The Hall–Kier alpha value is -2.88. The molecule has 0 saturated heterocycles. The van der Waals surface area contributed by atoms with Crippen molar-refractivity contribution in [3.8, 4) is 5.69 Å². The summed E-state index contributed by atoms with van der Waals surface area (Å²) in [6.45, 7) is 10.5. The lowest BCUT2D eigenvalue weighted by molar-refractivity contribution is -0.141. The molecule has 0 unspecified atom stereocenters. The van der Waals surface area contributed by atoms with Crippen molar-refractivity contribution in [2.45, 2.75) is 38.4 Å². The Balaban J connectivity index is 2.24. The van der Waals surface area contributed by atoms with Crippen molar-refractivity contribution in [3.05, 3.63) is 54.6 Å². The van der Waals surface area contributed by atoms with E-state index < -0.39 is 46.7 Å². The number of hydrogen-bond acceptors (Lipinski definition) is 5. The number of halogens is 3. The fourth-order valence-corrected chi connectivity index (χ4v) is 3.67. The van der Waals surface area contributed by atoms with Gasteiger partial charge in [0.1, 0.15) is 0 Å². The van der Waals surface area contributed by atoms with E-state index in [0.29, 0.717) is 0 Å². The van der Waals surface area contributed by atoms with Crippen LogP contribution >= 0.6 is 0 Å². The number of benzene rings is 1. The van der Waals surface area contributed by atoms with Crippen molar-refractivity contribution in [1.82, 2.24) is 9.78 Å². The molecule has 0 spiro atoms. The number of fused-ring (bicyclic) bond motifs is 1. The maximum atomic E-state index is 13.6. The standard InChI is InChI=1S/C21H23F3N4O3/c1-19(2)8-14-16(15(30)9-19)17(21(22,23)24)27-28(14)11-5-6-12(18(25)31)13(7-11)26-20(3,4)10-29/h5-7,26,29H,3-4,8-10H2,1-2H3,(H2,25,31). The summed E-state index contributed by atoms with van der Waals surface area (Å²) in [6.07, 6.45) is -4.64. The molecular weight excluding hydrogens is 413 g/mol. The Morgan fingerprint density at radius 3 is 2.52 bits per heavy atom. The molecule has 3 rings (SSSR count). The van der Waals surface area contributed by atoms with Gasteiger partial charge in [-0.3, -0.25) is 9.59 Å². The van der Waals surface area contributed by atoms with Gasteiger partial charge in [0.15, 0.2) is 11.5 Å². The van der Waals surface area contributed by atoms with Gasteiger partial charge in [-0.15, -0.1) is 0 Å². The van der Waals surface area contributed by atoms with Crippen molar-refractivity contribution in [2.75, 3.05) is 11.9 Å². The van der Waals surface area contributed by atoms with E-state index in [2.05, 4.69) is 24.3 Å². The zero-order chi connectivity index (χ0) is 23.4. The number of nitrogens with one attached hydrogen (secondary N) is 1. The summed E-state index contributed by atoms with van der Waals surface area (Å²) in [5, 5.41) is 15.9. The SMILES string of the molecule is [CH2]C([CH2])(CO)Nc1cc(-n2nc(C(F)(F)F)c3c2CC(C)(C)CC3=O)ccc1C(N)=O. The third-order valence-corrected chi connectivity index (χ3v) is 5.03. The van der Waals surface area contributed by atoms with Crippen LogP contribution in [0.15, 0.2) is 18.2 Å². The molecule has 1 aromatic heterocycles. The molecule has 4 N–H and O–H groups in total. The van der Waals surface area contributed by atoms with Crippen LogP contribution in [0.25, 0.3) is 5.69 Å². The number of carbonyl (C=O) groups excluding carboxylic acids is 2. The van der Waals surface area contributed by atoms with Crippen molar-refractivity contribution in [1.29, 1.82) is 0 Å². The van der Waals surface area contributed by atoms with Crippen molar-refractivity contribution in [3.63, 3.8) is 0 Å². The Morgan fingerprint density at radius 1 is 1.32 bits per heavy atom. The first-order valence-corrected chi connectivity index (χ1v) is 9.41. The van der Waals surface area contributed by atoms with E-state index in [0.717, 1.165) is 4.68 Å². The van der Waals surface area contributed by atoms with Crippen molar-refractivity contribution in [2.24, 2.45) is 11.1 Å². The second kappa shape index (κ2) is 7.37. The van der Waals surface area contributed by atoms with Crippen LogP contribution < -0.4 is 11.1 Å². The first-order chi connectivity index (χ1) is 14.1. The predicted octanol–water partition coefficient (Wildman–Crippen LogP) is 2.96. The number of aliphatic hydroxyl groups excluding tert-OH is 1. The Bertz CT molecular complexity index is 1050. The lowest BCUT2D eigenvalue weighted by Gasteiger charge is -2.29. The van der Waals surface area contributed by atoms with Gasteiger partial charge >= 0.3 is 6.18 Å². The monoisotopic (exact) mass is 436 g/mol. The number of aromatic nitrogens is 2. The largest absolute Gasteiger partial charge is 0.435 e. The molecule has 2 aromatic rings. The molecule has 1 amide bonds.